The first-order valence-corrected chi connectivity index (χ1v) is 11.4. The quantitative estimate of drug-likeness (QED) is 0.493. The highest BCUT2D eigenvalue weighted by Gasteiger charge is 2.28. The molecule has 2 aromatic carbocycles. The number of nitrogens with zero attached hydrogens (tertiary/aromatic N) is 1. The van der Waals surface area contributed by atoms with Gasteiger partial charge in [0.25, 0.3) is 0 Å². The van der Waals surface area contributed by atoms with E-state index in [-0.39, 0.29) is 18.2 Å². The van der Waals surface area contributed by atoms with E-state index in [0.29, 0.717) is 43.2 Å². The summed E-state index contributed by atoms with van der Waals surface area (Å²) in [6.07, 6.45) is 2.17. The molecule has 0 spiro atoms. The van der Waals surface area contributed by atoms with E-state index in [2.05, 4.69) is 5.32 Å². The van der Waals surface area contributed by atoms with Crippen LogP contribution in [-0.2, 0) is 22.6 Å². The molecule has 2 amide bonds. The van der Waals surface area contributed by atoms with Crippen LogP contribution in [0, 0.1) is 0 Å². The monoisotopic (exact) mass is 456 g/mol. The van der Waals surface area contributed by atoms with Gasteiger partial charge in [-0.1, -0.05) is 32.0 Å². The zero-order valence-electron chi connectivity index (χ0n) is 20.3. The number of benzene rings is 2. The second-order valence-electron chi connectivity index (χ2n) is 7.78. The summed E-state index contributed by atoms with van der Waals surface area (Å²) in [6.45, 7) is 4.85. The number of hydrogen-bond acceptors (Lipinski definition) is 5. The van der Waals surface area contributed by atoms with Crippen molar-refractivity contribution >= 4 is 11.8 Å². The van der Waals surface area contributed by atoms with Gasteiger partial charge in [-0.05, 0) is 54.7 Å². The van der Waals surface area contributed by atoms with Gasteiger partial charge in [0.15, 0.2) is 11.5 Å². The maximum absolute atomic E-state index is 13.4. The molecular weight excluding hydrogens is 420 g/mol. The second kappa shape index (κ2) is 13.4. The molecule has 0 aliphatic rings. The third kappa shape index (κ3) is 7.41. The number of ether oxygens (including phenoxy) is 3. The summed E-state index contributed by atoms with van der Waals surface area (Å²) in [4.78, 5) is 27.9. The van der Waals surface area contributed by atoms with Gasteiger partial charge in [-0.3, -0.25) is 9.59 Å². The summed E-state index contributed by atoms with van der Waals surface area (Å²) < 4.78 is 16.0. The first-order valence-electron chi connectivity index (χ1n) is 11.4. The third-order valence-electron chi connectivity index (χ3n) is 5.50. The summed E-state index contributed by atoms with van der Waals surface area (Å²) in [5, 5.41) is 2.94. The Morgan fingerprint density at radius 3 is 2.33 bits per heavy atom. The number of methoxy groups -OCH3 is 3. The molecule has 0 saturated heterocycles. The highest BCUT2D eigenvalue weighted by Crippen LogP contribution is 2.28. The highest BCUT2D eigenvalue weighted by atomic mass is 16.5. The summed E-state index contributed by atoms with van der Waals surface area (Å²) >= 11 is 0. The molecule has 1 N–H and O–H groups in total. The summed E-state index contributed by atoms with van der Waals surface area (Å²) in [6, 6.07) is 12.7. The lowest BCUT2D eigenvalue weighted by Crippen LogP contribution is -2.49. The lowest BCUT2D eigenvalue weighted by Gasteiger charge is -2.31. The number of nitrogens with one attached hydrogen (secondary N) is 1. The van der Waals surface area contributed by atoms with E-state index in [0.717, 1.165) is 17.5 Å². The normalized spacial score (nSPS) is 11.4. The smallest absolute Gasteiger partial charge is 0.242 e. The molecule has 0 aromatic heterocycles. The van der Waals surface area contributed by atoms with Crippen LogP contribution in [0.15, 0.2) is 42.5 Å². The van der Waals surface area contributed by atoms with Crippen molar-refractivity contribution in [3.63, 3.8) is 0 Å². The van der Waals surface area contributed by atoms with Crippen molar-refractivity contribution in [1.29, 1.82) is 0 Å². The number of carbonyl (C=O) groups is 2. The number of rotatable bonds is 13. The van der Waals surface area contributed by atoms with E-state index in [1.165, 1.54) is 0 Å². The predicted molar refractivity (Wildman–Crippen MR) is 129 cm³/mol. The second-order valence-corrected chi connectivity index (χ2v) is 7.78. The van der Waals surface area contributed by atoms with Crippen molar-refractivity contribution in [2.24, 2.45) is 0 Å². The van der Waals surface area contributed by atoms with Crippen LogP contribution in [0.25, 0.3) is 0 Å². The first-order chi connectivity index (χ1) is 16.0. The van der Waals surface area contributed by atoms with E-state index < -0.39 is 6.04 Å². The first kappa shape index (κ1) is 26.0. The fraction of sp³-hybridized carbons (Fsp3) is 0.462. The van der Waals surface area contributed by atoms with Crippen LogP contribution in [0.3, 0.4) is 0 Å². The maximum Gasteiger partial charge on any atom is 0.242 e. The van der Waals surface area contributed by atoms with Crippen LogP contribution in [-0.4, -0.2) is 50.6 Å². The molecule has 2 aromatic rings. The van der Waals surface area contributed by atoms with Gasteiger partial charge in [-0.25, -0.2) is 0 Å². The Labute approximate surface area is 197 Å². The van der Waals surface area contributed by atoms with E-state index in [1.54, 1.807) is 26.2 Å². The molecule has 0 aliphatic carbocycles. The molecule has 7 heteroatoms. The Morgan fingerprint density at radius 2 is 1.70 bits per heavy atom. The molecule has 2 rings (SSSR count). The maximum atomic E-state index is 13.4. The molecule has 33 heavy (non-hydrogen) atoms. The van der Waals surface area contributed by atoms with E-state index in [1.807, 2.05) is 56.3 Å². The Bertz CT molecular complexity index is 915. The molecule has 0 aliphatic heterocycles. The van der Waals surface area contributed by atoms with Crippen molar-refractivity contribution < 1.29 is 23.8 Å². The Morgan fingerprint density at radius 1 is 0.939 bits per heavy atom. The molecule has 1 atom stereocenters. The Kier molecular flexibility index (Phi) is 10.5. The number of aryl methyl sites for hydroxylation is 1. The Balaban J connectivity index is 2.23. The van der Waals surface area contributed by atoms with Crippen LogP contribution >= 0.6 is 0 Å². The van der Waals surface area contributed by atoms with Crippen molar-refractivity contribution in [1.82, 2.24) is 10.2 Å². The minimum Gasteiger partial charge on any atom is -0.497 e. The standard InChI is InChI=1S/C26H36N2O5/c1-6-15-27-26(30)22(7-2)28(18-20-9-8-10-21(16-20)31-3)25(29)14-12-19-11-13-23(32-4)24(17-19)33-5/h8-11,13,16-17,22H,6-7,12,14-15,18H2,1-5H3,(H,27,30). The molecule has 180 valence electrons. The fourth-order valence-electron chi connectivity index (χ4n) is 3.68. The van der Waals surface area contributed by atoms with Crippen LogP contribution in [0.1, 0.15) is 44.2 Å². The zero-order valence-corrected chi connectivity index (χ0v) is 20.3. The molecule has 1 unspecified atom stereocenters. The number of amides is 2. The molecule has 7 nitrogen and oxygen atoms in total. The van der Waals surface area contributed by atoms with Gasteiger partial charge in [-0.15, -0.1) is 0 Å². The van der Waals surface area contributed by atoms with Crippen molar-refractivity contribution in [2.45, 2.75) is 52.1 Å². The van der Waals surface area contributed by atoms with E-state index in [9.17, 15) is 9.59 Å². The third-order valence-corrected chi connectivity index (χ3v) is 5.50. The molecule has 0 fully saturated rings. The number of carbonyl (C=O) groups excluding carboxylic acids is 2. The lowest BCUT2D eigenvalue weighted by molar-refractivity contribution is -0.141. The van der Waals surface area contributed by atoms with Gasteiger partial charge in [0.2, 0.25) is 11.8 Å². The van der Waals surface area contributed by atoms with Gasteiger partial charge in [0.1, 0.15) is 11.8 Å². The van der Waals surface area contributed by atoms with Gasteiger partial charge in [0.05, 0.1) is 21.3 Å². The minimum absolute atomic E-state index is 0.0777. The fourth-order valence-corrected chi connectivity index (χ4v) is 3.68. The van der Waals surface area contributed by atoms with Crippen LogP contribution in [0.4, 0.5) is 0 Å². The number of hydrogen-bond donors (Lipinski definition) is 1. The Hall–Kier alpha value is -3.22. The minimum atomic E-state index is -0.541. The van der Waals surface area contributed by atoms with Crippen molar-refractivity contribution in [3.05, 3.63) is 53.6 Å². The average molecular weight is 457 g/mol. The van der Waals surface area contributed by atoms with Gasteiger partial charge in [-0.2, -0.15) is 0 Å². The van der Waals surface area contributed by atoms with Gasteiger partial charge >= 0.3 is 0 Å². The van der Waals surface area contributed by atoms with Crippen LogP contribution < -0.4 is 19.5 Å². The van der Waals surface area contributed by atoms with E-state index in [4.69, 9.17) is 14.2 Å². The highest BCUT2D eigenvalue weighted by molar-refractivity contribution is 5.87. The van der Waals surface area contributed by atoms with Crippen LogP contribution in [0.2, 0.25) is 0 Å². The molecule has 0 heterocycles. The summed E-state index contributed by atoms with van der Waals surface area (Å²) in [5.74, 6) is 1.79. The van der Waals surface area contributed by atoms with Crippen LogP contribution in [0.5, 0.6) is 17.2 Å². The predicted octanol–water partition coefficient (Wildman–Crippen LogP) is 3.98. The van der Waals surface area contributed by atoms with Crippen molar-refractivity contribution in [3.8, 4) is 17.2 Å². The average Bonchev–Trinajstić information content (AvgIpc) is 2.85. The topological polar surface area (TPSA) is 77.1 Å². The summed E-state index contributed by atoms with van der Waals surface area (Å²) in [7, 11) is 4.79. The van der Waals surface area contributed by atoms with Gasteiger partial charge < -0.3 is 24.4 Å². The SMILES string of the molecule is CCCNC(=O)C(CC)N(Cc1cccc(OC)c1)C(=O)CCc1ccc(OC)c(OC)c1. The molecule has 0 saturated carbocycles. The largest absolute Gasteiger partial charge is 0.497 e. The van der Waals surface area contributed by atoms with E-state index >= 15 is 0 Å². The molecular formula is C26H36N2O5. The zero-order chi connectivity index (χ0) is 24.2. The van der Waals surface area contributed by atoms with Gasteiger partial charge in [0, 0.05) is 19.5 Å². The molecule has 0 radical (unpaired) electrons. The molecule has 0 bridgehead atoms. The lowest BCUT2D eigenvalue weighted by atomic mass is 10.1. The summed E-state index contributed by atoms with van der Waals surface area (Å²) in [5.41, 5.74) is 1.88. The van der Waals surface area contributed by atoms with Crippen molar-refractivity contribution in [2.75, 3.05) is 27.9 Å².